The summed E-state index contributed by atoms with van der Waals surface area (Å²) in [5, 5.41) is 6.87. The number of ether oxygens (including phenoxy) is 1. The lowest BCUT2D eigenvalue weighted by Crippen LogP contribution is -2.38. The van der Waals surface area contributed by atoms with Crippen LogP contribution in [-0.4, -0.2) is 53.6 Å². The van der Waals surface area contributed by atoms with Crippen molar-refractivity contribution in [3.05, 3.63) is 53.1 Å². The smallest absolute Gasteiger partial charge is 0.225 e. The van der Waals surface area contributed by atoms with Gasteiger partial charge >= 0.3 is 0 Å². The summed E-state index contributed by atoms with van der Waals surface area (Å²) in [6.45, 7) is 5.61. The summed E-state index contributed by atoms with van der Waals surface area (Å²) in [5.41, 5.74) is 1.99. The zero-order chi connectivity index (χ0) is 21.8. The van der Waals surface area contributed by atoms with Gasteiger partial charge in [0.15, 0.2) is 0 Å². The second-order valence-electron chi connectivity index (χ2n) is 7.36. The molecule has 1 aromatic heterocycles. The molecule has 0 bridgehead atoms. The van der Waals surface area contributed by atoms with E-state index in [0.717, 1.165) is 24.0 Å². The number of fused-ring (bicyclic) bond motifs is 1. The van der Waals surface area contributed by atoms with E-state index in [1.165, 1.54) is 12.1 Å². The number of halogens is 2. The second kappa shape index (κ2) is 9.55. The molecule has 0 atom stereocenters. The first-order valence-electron chi connectivity index (χ1n) is 10.1. The Hall–Kier alpha value is -2.81. The lowest BCUT2D eigenvalue weighted by atomic mass is 10.2. The van der Waals surface area contributed by atoms with E-state index in [1.807, 2.05) is 18.2 Å². The van der Waals surface area contributed by atoms with Crippen molar-refractivity contribution in [3.63, 3.8) is 0 Å². The number of aryl methyl sites for hydroxylation is 1. The van der Waals surface area contributed by atoms with Crippen LogP contribution in [0.4, 0.5) is 21.6 Å². The molecule has 1 saturated heterocycles. The van der Waals surface area contributed by atoms with Gasteiger partial charge in [-0.25, -0.2) is 14.4 Å². The summed E-state index contributed by atoms with van der Waals surface area (Å²) in [6.07, 6.45) is 0.404. The standard InChI is InChI=1S/C22H23ClFN5O2/c1-14-25-20-5-3-15(27-21(30)6-7-29-8-10-31-11-9-29)12-17(20)22(26-14)28-16-2-4-19(24)18(23)13-16/h2-5,12-13H,6-11H2,1H3,(H,27,30)(H,25,26,28). The molecular weight excluding hydrogens is 421 g/mol. The number of hydrogen-bond acceptors (Lipinski definition) is 6. The number of carbonyl (C=O) groups excluding carboxylic acids is 1. The highest BCUT2D eigenvalue weighted by Gasteiger charge is 2.13. The van der Waals surface area contributed by atoms with Gasteiger partial charge in [0.05, 0.1) is 23.8 Å². The Kier molecular flexibility index (Phi) is 6.60. The number of aromatic nitrogens is 2. The summed E-state index contributed by atoms with van der Waals surface area (Å²) < 4.78 is 18.8. The van der Waals surface area contributed by atoms with Gasteiger partial charge in [-0.1, -0.05) is 11.6 Å². The Labute approximate surface area is 184 Å². The number of amides is 1. The molecule has 2 aromatic carbocycles. The van der Waals surface area contributed by atoms with Crippen LogP contribution < -0.4 is 10.6 Å². The first-order valence-corrected chi connectivity index (χ1v) is 10.5. The van der Waals surface area contributed by atoms with Gasteiger partial charge in [-0.15, -0.1) is 0 Å². The Morgan fingerprint density at radius 1 is 1.16 bits per heavy atom. The van der Waals surface area contributed by atoms with Crippen molar-refractivity contribution in [2.75, 3.05) is 43.5 Å². The van der Waals surface area contributed by atoms with Crippen molar-refractivity contribution in [2.45, 2.75) is 13.3 Å². The van der Waals surface area contributed by atoms with Gasteiger partial charge in [0.25, 0.3) is 0 Å². The highest BCUT2D eigenvalue weighted by atomic mass is 35.5. The Bertz CT molecular complexity index is 1100. The molecular formula is C22H23ClFN5O2. The van der Waals surface area contributed by atoms with Crippen molar-refractivity contribution in [1.82, 2.24) is 14.9 Å². The zero-order valence-electron chi connectivity index (χ0n) is 17.1. The quantitative estimate of drug-likeness (QED) is 0.596. The van der Waals surface area contributed by atoms with Gasteiger partial charge in [0.1, 0.15) is 17.5 Å². The summed E-state index contributed by atoms with van der Waals surface area (Å²) >= 11 is 5.89. The van der Waals surface area contributed by atoms with Crippen molar-refractivity contribution < 1.29 is 13.9 Å². The van der Waals surface area contributed by atoms with Crippen molar-refractivity contribution in [2.24, 2.45) is 0 Å². The van der Waals surface area contributed by atoms with Crippen LogP contribution in [0.25, 0.3) is 10.9 Å². The number of rotatable bonds is 6. The van der Waals surface area contributed by atoms with E-state index < -0.39 is 5.82 Å². The molecule has 0 radical (unpaired) electrons. The average Bonchev–Trinajstić information content (AvgIpc) is 2.76. The Morgan fingerprint density at radius 3 is 2.71 bits per heavy atom. The van der Waals surface area contributed by atoms with Crippen molar-refractivity contribution >= 4 is 45.6 Å². The molecule has 162 valence electrons. The predicted molar refractivity (Wildman–Crippen MR) is 119 cm³/mol. The number of nitrogens with zero attached hydrogens (tertiary/aromatic N) is 3. The molecule has 0 unspecified atom stereocenters. The number of morpholine rings is 1. The van der Waals surface area contributed by atoms with E-state index in [4.69, 9.17) is 16.3 Å². The molecule has 1 aliphatic rings. The Balaban J connectivity index is 1.51. The molecule has 3 aromatic rings. The Morgan fingerprint density at radius 2 is 1.94 bits per heavy atom. The summed E-state index contributed by atoms with van der Waals surface area (Å²) in [4.78, 5) is 23.6. The van der Waals surface area contributed by atoms with Gasteiger partial charge in [-0.05, 0) is 43.3 Å². The van der Waals surface area contributed by atoms with E-state index in [1.54, 1.807) is 13.0 Å². The molecule has 1 amide bonds. The van der Waals surface area contributed by atoms with Gasteiger partial charge in [0.2, 0.25) is 5.91 Å². The average molecular weight is 444 g/mol. The minimum absolute atomic E-state index is 0.0216. The molecule has 7 nitrogen and oxygen atoms in total. The first kappa shape index (κ1) is 21.4. The highest BCUT2D eigenvalue weighted by Crippen LogP contribution is 2.28. The molecule has 0 spiro atoms. The van der Waals surface area contributed by atoms with Crippen LogP contribution in [0, 0.1) is 12.7 Å². The van der Waals surface area contributed by atoms with Crippen molar-refractivity contribution in [1.29, 1.82) is 0 Å². The van der Waals surface area contributed by atoms with Crippen molar-refractivity contribution in [3.8, 4) is 0 Å². The second-order valence-corrected chi connectivity index (χ2v) is 7.76. The number of nitrogens with one attached hydrogen (secondary N) is 2. The van der Waals surface area contributed by atoms with Gasteiger partial charge < -0.3 is 15.4 Å². The number of benzene rings is 2. The monoisotopic (exact) mass is 443 g/mol. The maximum atomic E-state index is 13.5. The molecule has 1 fully saturated rings. The van der Waals surface area contributed by atoms with Gasteiger partial charge in [-0.2, -0.15) is 0 Å². The van der Waals surface area contributed by atoms with Gasteiger partial charge in [0, 0.05) is 42.8 Å². The van der Waals surface area contributed by atoms with E-state index in [2.05, 4.69) is 25.5 Å². The third kappa shape index (κ3) is 5.46. The fraction of sp³-hybridized carbons (Fsp3) is 0.318. The van der Waals surface area contributed by atoms with E-state index in [0.29, 0.717) is 49.2 Å². The van der Waals surface area contributed by atoms with Crippen LogP contribution in [-0.2, 0) is 9.53 Å². The maximum Gasteiger partial charge on any atom is 0.225 e. The maximum absolute atomic E-state index is 13.5. The minimum atomic E-state index is -0.488. The normalized spacial score (nSPS) is 14.5. The fourth-order valence-corrected chi connectivity index (χ4v) is 3.62. The number of carbonyl (C=O) groups is 1. The van der Waals surface area contributed by atoms with E-state index in [9.17, 15) is 9.18 Å². The zero-order valence-corrected chi connectivity index (χ0v) is 17.9. The fourth-order valence-electron chi connectivity index (χ4n) is 3.44. The molecule has 4 rings (SSSR count). The third-order valence-electron chi connectivity index (χ3n) is 5.03. The van der Waals surface area contributed by atoms with E-state index in [-0.39, 0.29) is 10.9 Å². The summed E-state index contributed by atoms with van der Waals surface area (Å²) in [7, 11) is 0. The van der Waals surface area contributed by atoms with Crippen LogP contribution in [0.1, 0.15) is 12.2 Å². The number of anilines is 3. The third-order valence-corrected chi connectivity index (χ3v) is 5.32. The van der Waals surface area contributed by atoms with Gasteiger partial charge in [-0.3, -0.25) is 9.69 Å². The highest BCUT2D eigenvalue weighted by molar-refractivity contribution is 6.31. The van der Waals surface area contributed by atoms with Crippen LogP contribution in [0.2, 0.25) is 5.02 Å². The predicted octanol–water partition coefficient (Wildman–Crippen LogP) is 4.14. The lowest BCUT2D eigenvalue weighted by molar-refractivity contribution is -0.116. The van der Waals surface area contributed by atoms with E-state index >= 15 is 0 Å². The lowest BCUT2D eigenvalue weighted by Gasteiger charge is -2.26. The number of hydrogen-bond donors (Lipinski definition) is 2. The van der Waals surface area contributed by atoms with Crippen LogP contribution >= 0.6 is 11.6 Å². The molecule has 0 aliphatic carbocycles. The van der Waals surface area contributed by atoms with Crippen LogP contribution in [0.3, 0.4) is 0 Å². The van der Waals surface area contributed by atoms with Crippen LogP contribution in [0.5, 0.6) is 0 Å². The summed E-state index contributed by atoms with van der Waals surface area (Å²) in [5.74, 6) is 0.594. The minimum Gasteiger partial charge on any atom is -0.379 e. The first-order chi connectivity index (χ1) is 15.0. The molecule has 1 aliphatic heterocycles. The molecule has 9 heteroatoms. The molecule has 2 N–H and O–H groups in total. The molecule has 31 heavy (non-hydrogen) atoms. The summed E-state index contributed by atoms with van der Waals surface area (Å²) in [6, 6.07) is 9.86. The largest absolute Gasteiger partial charge is 0.379 e. The molecule has 0 saturated carbocycles. The molecule has 2 heterocycles. The van der Waals surface area contributed by atoms with Crippen LogP contribution in [0.15, 0.2) is 36.4 Å². The SMILES string of the molecule is Cc1nc(Nc2ccc(F)c(Cl)c2)c2cc(NC(=O)CCN3CCOCC3)ccc2n1. The topological polar surface area (TPSA) is 79.4 Å².